The zero-order chi connectivity index (χ0) is 42.2. The molecule has 0 bridgehead atoms. The lowest BCUT2D eigenvalue weighted by atomic mass is 9.66. The zero-order valence-electron chi connectivity index (χ0n) is 35.0. The molecule has 0 radical (unpaired) electrons. The van der Waals surface area contributed by atoms with Crippen molar-refractivity contribution < 1.29 is 4.74 Å². The summed E-state index contributed by atoms with van der Waals surface area (Å²) in [5, 5.41) is 0. The minimum absolute atomic E-state index is 0.547. The normalized spacial score (nSPS) is 14.0. The maximum Gasteiger partial charge on any atom is 0.132 e. The average Bonchev–Trinajstić information content (AvgIpc) is 3.83. The van der Waals surface area contributed by atoms with E-state index in [0.29, 0.717) is 0 Å². The first-order valence-corrected chi connectivity index (χ1v) is 22.2. The predicted octanol–water partition coefficient (Wildman–Crippen LogP) is 15.7. The third-order valence-electron chi connectivity index (χ3n) is 14.0. The minimum Gasteiger partial charge on any atom is -0.457 e. The number of rotatable bonds is 6. The van der Waals surface area contributed by atoms with Crippen LogP contribution in [0.15, 0.2) is 249 Å². The number of ether oxygens (including phenoxy) is 1. The molecule has 10 aromatic carbocycles. The van der Waals surface area contributed by atoms with Crippen LogP contribution >= 0.6 is 0 Å². The van der Waals surface area contributed by atoms with E-state index >= 15 is 0 Å². The maximum absolute atomic E-state index is 6.73. The molecule has 300 valence electrons. The van der Waals surface area contributed by atoms with Crippen LogP contribution < -0.4 is 9.64 Å². The van der Waals surface area contributed by atoms with Gasteiger partial charge in [0.2, 0.25) is 0 Å². The van der Waals surface area contributed by atoms with E-state index in [-0.39, 0.29) is 0 Å². The molecule has 0 saturated carbocycles. The minimum atomic E-state index is -0.604. The Kier molecular flexibility index (Phi) is 8.07. The highest BCUT2D eigenvalue weighted by Gasteiger charge is 2.51. The molecule has 2 aliphatic carbocycles. The van der Waals surface area contributed by atoms with Gasteiger partial charge < -0.3 is 9.64 Å². The zero-order valence-corrected chi connectivity index (χ0v) is 35.0. The van der Waals surface area contributed by atoms with Crippen LogP contribution in [0.4, 0.5) is 17.1 Å². The van der Waals surface area contributed by atoms with Crippen molar-refractivity contribution >= 4 is 17.1 Å². The third kappa shape index (κ3) is 5.02. The van der Waals surface area contributed by atoms with Gasteiger partial charge in [0, 0.05) is 28.1 Å². The van der Waals surface area contributed by atoms with Gasteiger partial charge in [0.25, 0.3) is 0 Å². The summed E-state index contributed by atoms with van der Waals surface area (Å²) < 4.78 is 6.73. The van der Waals surface area contributed by atoms with Crippen molar-refractivity contribution in [1.29, 1.82) is 0 Å². The molecule has 0 amide bonds. The van der Waals surface area contributed by atoms with Gasteiger partial charge in [-0.15, -0.1) is 0 Å². The molecule has 0 unspecified atom stereocenters. The van der Waals surface area contributed by atoms with Crippen LogP contribution in [0.2, 0.25) is 0 Å². The highest BCUT2D eigenvalue weighted by molar-refractivity contribution is 5.95. The van der Waals surface area contributed by atoms with Crippen molar-refractivity contribution in [2.75, 3.05) is 4.90 Å². The average molecular weight is 816 g/mol. The summed E-state index contributed by atoms with van der Waals surface area (Å²) in [5.74, 6) is 1.77. The summed E-state index contributed by atoms with van der Waals surface area (Å²) in [5.41, 5.74) is 19.3. The predicted molar refractivity (Wildman–Crippen MR) is 261 cm³/mol. The number of benzene rings is 10. The molecule has 0 fully saturated rings. The van der Waals surface area contributed by atoms with Gasteiger partial charge in [-0.3, -0.25) is 0 Å². The van der Waals surface area contributed by atoms with E-state index in [2.05, 4.69) is 254 Å². The monoisotopic (exact) mass is 815 g/mol. The number of hydrogen-bond donors (Lipinski definition) is 0. The highest BCUT2D eigenvalue weighted by Crippen LogP contribution is 2.63. The van der Waals surface area contributed by atoms with E-state index in [1.165, 1.54) is 55.6 Å². The molecular weight excluding hydrogens is 775 g/mol. The maximum atomic E-state index is 6.73. The first kappa shape index (κ1) is 36.5. The fraction of sp³-hybridized carbons (Fsp3) is 0.0323. The Morgan fingerprint density at radius 3 is 1.22 bits per heavy atom. The standard InChI is InChI=1S/C62H41NO/c1-4-20-42(21-5-1)47-26-12-17-33-58(47)63(45-36-38-50-48-27-10-13-29-52(48)61(56(50)40-45,43-22-6-2-7-23-43)44-24-8-3-9-25-44)46-37-39-51-49-28-11-14-30-53(49)62(57(51)41-46)54-31-15-18-34-59(54)64-60-35-19-16-32-55(60)62/h1-41H. The fourth-order valence-electron chi connectivity index (χ4n) is 11.5. The highest BCUT2D eigenvalue weighted by atomic mass is 16.5. The van der Waals surface area contributed by atoms with Crippen molar-refractivity contribution in [3.05, 3.63) is 293 Å². The van der Waals surface area contributed by atoms with E-state index in [4.69, 9.17) is 4.74 Å². The number of hydrogen-bond acceptors (Lipinski definition) is 2. The summed E-state index contributed by atoms with van der Waals surface area (Å²) in [6, 6.07) is 91.4. The number of nitrogens with zero attached hydrogens (tertiary/aromatic N) is 1. The third-order valence-corrected chi connectivity index (χ3v) is 14.0. The molecule has 1 aliphatic heterocycles. The van der Waals surface area contributed by atoms with E-state index < -0.39 is 10.8 Å². The summed E-state index contributed by atoms with van der Waals surface area (Å²) in [7, 11) is 0. The number of fused-ring (bicyclic) bond motifs is 12. The van der Waals surface area contributed by atoms with E-state index in [1.54, 1.807) is 0 Å². The molecule has 3 aliphatic rings. The van der Waals surface area contributed by atoms with Crippen LogP contribution in [0.5, 0.6) is 11.5 Å². The molecule has 1 heterocycles. The van der Waals surface area contributed by atoms with Gasteiger partial charge in [-0.05, 0) is 104 Å². The summed E-state index contributed by atoms with van der Waals surface area (Å²) >= 11 is 0. The summed E-state index contributed by atoms with van der Waals surface area (Å²) in [6.07, 6.45) is 0. The molecule has 0 atom stereocenters. The lowest BCUT2D eigenvalue weighted by Crippen LogP contribution is -2.32. The molecule has 0 saturated heterocycles. The Morgan fingerprint density at radius 1 is 0.281 bits per heavy atom. The summed E-state index contributed by atoms with van der Waals surface area (Å²) in [6.45, 7) is 0. The molecule has 0 N–H and O–H groups in total. The van der Waals surface area contributed by atoms with Crippen molar-refractivity contribution in [2.24, 2.45) is 0 Å². The lowest BCUT2D eigenvalue weighted by molar-refractivity contribution is 0.436. The van der Waals surface area contributed by atoms with Crippen LogP contribution in [0.25, 0.3) is 33.4 Å². The van der Waals surface area contributed by atoms with Gasteiger partial charge in [-0.25, -0.2) is 0 Å². The topological polar surface area (TPSA) is 12.5 Å². The fourth-order valence-corrected chi connectivity index (χ4v) is 11.5. The Morgan fingerprint density at radius 2 is 0.672 bits per heavy atom. The van der Waals surface area contributed by atoms with Crippen molar-refractivity contribution in [3.8, 4) is 44.9 Å². The molecule has 2 nitrogen and oxygen atoms in total. The Balaban J connectivity index is 1.12. The SMILES string of the molecule is c1ccc(-c2ccccc2N(c2ccc3c(c2)C(c2ccccc2)(c2ccccc2)c2ccccc2-3)c2ccc3c(c2)C2(c4ccccc4Oc4ccccc42)c2ccccc2-3)cc1. The second kappa shape index (κ2) is 14.2. The summed E-state index contributed by atoms with van der Waals surface area (Å²) in [4.78, 5) is 2.50. The first-order valence-electron chi connectivity index (χ1n) is 22.2. The van der Waals surface area contributed by atoms with E-state index in [0.717, 1.165) is 50.8 Å². The van der Waals surface area contributed by atoms with Gasteiger partial charge in [-0.1, -0.05) is 206 Å². The number of para-hydroxylation sites is 3. The Labute approximate surface area is 374 Å². The molecule has 2 heteroatoms. The van der Waals surface area contributed by atoms with Gasteiger partial charge in [0.15, 0.2) is 0 Å². The number of anilines is 3. The Bertz CT molecular complexity index is 3340. The van der Waals surface area contributed by atoms with Gasteiger partial charge in [0.05, 0.1) is 16.5 Å². The smallest absolute Gasteiger partial charge is 0.132 e. The second-order valence-electron chi connectivity index (χ2n) is 17.1. The van der Waals surface area contributed by atoms with Crippen LogP contribution in [0, 0.1) is 0 Å². The first-order chi connectivity index (χ1) is 31.8. The van der Waals surface area contributed by atoms with E-state index in [9.17, 15) is 0 Å². The molecule has 64 heavy (non-hydrogen) atoms. The van der Waals surface area contributed by atoms with E-state index in [1.807, 2.05) is 0 Å². The molecule has 10 aromatic rings. The molecule has 13 rings (SSSR count). The molecular formula is C62H41NO. The Hall–Kier alpha value is -8.20. The van der Waals surface area contributed by atoms with Crippen molar-refractivity contribution in [1.82, 2.24) is 0 Å². The van der Waals surface area contributed by atoms with Gasteiger partial charge >= 0.3 is 0 Å². The quantitative estimate of drug-likeness (QED) is 0.166. The van der Waals surface area contributed by atoms with Crippen LogP contribution in [-0.2, 0) is 10.8 Å². The van der Waals surface area contributed by atoms with Crippen molar-refractivity contribution in [3.63, 3.8) is 0 Å². The van der Waals surface area contributed by atoms with Crippen molar-refractivity contribution in [2.45, 2.75) is 10.8 Å². The van der Waals surface area contributed by atoms with Gasteiger partial charge in [-0.2, -0.15) is 0 Å². The van der Waals surface area contributed by atoms with Gasteiger partial charge in [0.1, 0.15) is 11.5 Å². The van der Waals surface area contributed by atoms with Crippen LogP contribution in [0.3, 0.4) is 0 Å². The molecule has 0 aromatic heterocycles. The largest absolute Gasteiger partial charge is 0.457 e. The lowest BCUT2D eigenvalue weighted by Gasteiger charge is -2.39. The van der Waals surface area contributed by atoms with Crippen LogP contribution in [-0.4, -0.2) is 0 Å². The second-order valence-corrected chi connectivity index (χ2v) is 17.1. The van der Waals surface area contributed by atoms with Crippen LogP contribution in [0.1, 0.15) is 44.5 Å². The molecule has 1 spiro atoms.